The van der Waals surface area contributed by atoms with Gasteiger partial charge in [-0.1, -0.05) is 11.6 Å². The number of halogens is 3. The third-order valence-electron chi connectivity index (χ3n) is 6.35. The summed E-state index contributed by atoms with van der Waals surface area (Å²) >= 11 is 6.57. The van der Waals surface area contributed by atoms with E-state index in [1.54, 1.807) is 32.2 Å². The van der Waals surface area contributed by atoms with E-state index in [1.165, 1.54) is 6.92 Å². The van der Waals surface area contributed by atoms with E-state index in [2.05, 4.69) is 5.32 Å². The monoisotopic (exact) mass is 567 g/mol. The molecule has 4 N–H and O–H groups in total. The van der Waals surface area contributed by atoms with Gasteiger partial charge in [-0.25, -0.2) is 18.7 Å². The van der Waals surface area contributed by atoms with Gasteiger partial charge in [-0.15, -0.1) is 0 Å². The van der Waals surface area contributed by atoms with Crippen molar-refractivity contribution in [1.82, 2.24) is 15.3 Å². The number of rotatable bonds is 12. The second-order valence-corrected chi connectivity index (χ2v) is 9.91. The summed E-state index contributed by atoms with van der Waals surface area (Å²) in [7, 11) is 1.74. The zero-order valence-corrected chi connectivity index (χ0v) is 23.4. The van der Waals surface area contributed by atoms with Crippen LogP contribution in [0.15, 0.2) is 24.0 Å². The van der Waals surface area contributed by atoms with Crippen LogP contribution in [0.3, 0.4) is 0 Å². The number of benzene rings is 1. The van der Waals surface area contributed by atoms with Crippen molar-refractivity contribution in [3.05, 3.63) is 40.2 Å². The number of nitrogens with one attached hydrogen (secondary N) is 2. The van der Waals surface area contributed by atoms with E-state index in [4.69, 9.17) is 36.5 Å². The van der Waals surface area contributed by atoms with E-state index in [0.717, 1.165) is 0 Å². The molecule has 2 aromatic rings. The summed E-state index contributed by atoms with van der Waals surface area (Å²) in [4.78, 5) is 11.6. The highest BCUT2D eigenvalue weighted by atomic mass is 35.5. The van der Waals surface area contributed by atoms with Crippen LogP contribution in [-0.2, 0) is 4.74 Å². The fraction of sp³-hybridized carbons (Fsp3) is 0.519. The van der Waals surface area contributed by atoms with Gasteiger partial charge in [0.15, 0.2) is 5.82 Å². The van der Waals surface area contributed by atoms with Gasteiger partial charge >= 0.3 is 0 Å². The molecule has 39 heavy (non-hydrogen) atoms. The average Bonchev–Trinajstić information content (AvgIpc) is 2.88. The van der Waals surface area contributed by atoms with Crippen LogP contribution in [-0.4, -0.2) is 84.4 Å². The summed E-state index contributed by atoms with van der Waals surface area (Å²) in [6, 6.07) is 5.02. The molecule has 0 amide bonds. The van der Waals surface area contributed by atoms with Gasteiger partial charge in [-0.2, -0.15) is 0 Å². The van der Waals surface area contributed by atoms with Crippen LogP contribution in [0.2, 0.25) is 5.02 Å². The van der Waals surface area contributed by atoms with E-state index >= 15 is 0 Å². The number of piperidine rings is 1. The first kappa shape index (κ1) is 30.7. The zero-order valence-electron chi connectivity index (χ0n) is 22.6. The maximum atomic E-state index is 12.6. The molecule has 0 spiro atoms. The molecule has 1 aromatic carbocycles. The predicted octanol–water partition coefficient (Wildman–Crippen LogP) is 4.64. The third-order valence-corrected chi connectivity index (χ3v) is 6.68. The first-order valence-electron chi connectivity index (χ1n) is 12.8. The molecule has 12 heteroatoms. The molecule has 0 bridgehead atoms. The molecule has 2 heterocycles. The second kappa shape index (κ2) is 14.0. The molecule has 0 aliphatic carbocycles. The summed E-state index contributed by atoms with van der Waals surface area (Å²) in [6.07, 6.45) is -2.39. The lowest BCUT2D eigenvalue weighted by Crippen LogP contribution is -2.38. The lowest BCUT2D eigenvalue weighted by molar-refractivity contribution is -0.0320. The standard InChI is InChI=1S/C27H36ClF2N5O4/c1-15-25(24(16(2)31)17(3)36)33-26(21-11-20(5-6-22(21)28)38-13-18(37)12-32-4)34-27(15)35-9-7-19(8-10-35)39-14-23(29)30/h5-6,11,18-19,23,31-32,36-37H,7-10,12-14H2,1-4H3/b24-17+,31-16?/t18-/m1/s1. The number of aliphatic hydroxyl groups is 2. The largest absolute Gasteiger partial charge is 0.512 e. The van der Waals surface area contributed by atoms with E-state index in [1.807, 2.05) is 11.8 Å². The van der Waals surface area contributed by atoms with Gasteiger partial charge < -0.3 is 35.3 Å². The van der Waals surface area contributed by atoms with E-state index < -0.39 is 19.1 Å². The number of anilines is 1. The number of alkyl halides is 2. The Morgan fingerprint density at radius 1 is 1.23 bits per heavy atom. The highest BCUT2D eigenvalue weighted by molar-refractivity contribution is 6.33. The number of aromatic nitrogens is 2. The van der Waals surface area contributed by atoms with Crippen LogP contribution >= 0.6 is 11.6 Å². The van der Waals surface area contributed by atoms with Gasteiger partial charge in [0, 0.05) is 36.5 Å². The quantitative estimate of drug-likeness (QED) is 0.216. The van der Waals surface area contributed by atoms with Gasteiger partial charge in [0.1, 0.15) is 36.6 Å². The van der Waals surface area contributed by atoms with Crippen molar-refractivity contribution < 1.29 is 28.5 Å². The second-order valence-electron chi connectivity index (χ2n) is 9.50. The Kier molecular flexibility index (Phi) is 11.0. The number of aliphatic hydroxyl groups excluding tert-OH is 2. The maximum absolute atomic E-state index is 12.6. The fourth-order valence-corrected chi connectivity index (χ4v) is 4.69. The highest BCUT2D eigenvalue weighted by Crippen LogP contribution is 2.35. The molecule has 0 radical (unpaired) electrons. The number of ether oxygens (including phenoxy) is 2. The Labute approximate surface area is 232 Å². The predicted molar refractivity (Wildman–Crippen MR) is 148 cm³/mol. The van der Waals surface area contributed by atoms with Crippen molar-refractivity contribution in [3.63, 3.8) is 0 Å². The summed E-state index contributed by atoms with van der Waals surface area (Å²) in [6.45, 7) is 5.78. The summed E-state index contributed by atoms with van der Waals surface area (Å²) in [5.74, 6) is 1.27. The molecule has 1 aliphatic heterocycles. The van der Waals surface area contributed by atoms with Crippen LogP contribution in [0.25, 0.3) is 17.0 Å². The van der Waals surface area contributed by atoms with E-state index in [9.17, 15) is 19.0 Å². The molecule has 0 saturated carbocycles. The van der Waals surface area contributed by atoms with Crippen LogP contribution in [0.5, 0.6) is 5.75 Å². The number of hydrogen-bond acceptors (Lipinski definition) is 9. The van der Waals surface area contributed by atoms with Crippen molar-refractivity contribution >= 4 is 28.7 Å². The van der Waals surface area contributed by atoms with Crippen LogP contribution in [0.4, 0.5) is 14.6 Å². The smallest absolute Gasteiger partial charge is 0.261 e. The number of likely N-dealkylation sites (N-methyl/N-ethyl adjacent to an activating group) is 1. The molecule has 1 fully saturated rings. The Morgan fingerprint density at radius 2 is 1.92 bits per heavy atom. The number of allylic oxidation sites excluding steroid dienone is 2. The molecular formula is C27H36ClF2N5O4. The molecule has 1 atom stereocenters. The lowest BCUT2D eigenvalue weighted by Gasteiger charge is -2.34. The summed E-state index contributed by atoms with van der Waals surface area (Å²) in [5.41, 5.74) is 1.96. The lowest BCUT2D eigenvalue weighted by atomic mass is 10.0. The molecule has 1 aromatic heterocycles. The minimum Gasteiger partial charge on any atom is -0.512 e. The fourth-order valence-electron chi connectivity index (χ4n) is 4.49. The minimum atomic E-state index is -2.51. The Balaban J connectivity index is 2.03. The van der Waals surface area contributed by atoms with E-state index in [0.29, 0.717) is 65.9 Å². The Hall–Kier alpha value is -2.86. The SMILES string of the molecule is CNC[C@@H](O)COc1ccc(Cl)c(-c2nc(/C(C(C)=N)=C(\C)O)c(C)c(N3CCC(OCC(F)F)CC3)n2)c1. The number of nitrogens with zero attached hydrogens (tertiary/aromatic N) is 3. The minimum absolute atomic E-state index is 0.0537. The number of hydrogen-bond donors (Lipinski definition) is 4. The topological polar surface area (TPSA) is 124 Å². The van der Waals surface area contributed by atoms with Crippen LogP contribution in [0.1, 0.15) is 37.9 Å². The molecule has 9 nitrogen and oxygen atoms in total. The van der Waals surface area contributed by atoms with Gasteiger partial charge in [0.25, 0.3) is 6.43 Å². The Bertz CT molecular complexity index is 1190. The molecule has 214 valence electrons. The van der Waals surface area contributed by atoms with Crippen molar-refractivity contribution in [1.29, 1.82) is 5.41 Å². The third kappa shape index (κ3) is 8.07. The zero-order chi connectivity index (χ0) is 28.7. The highest BCUT2D eigenvalue weighted by Gasteiger charge is 2.27. The van der Waals surface area contributed by atoms with Crippen molar-refractivity contribution in [3.8, 4) is 17.1 Å². The van der Waals surface area contributed by atoms with Gasteiger partial charge in [-0.05, 0) is 58.9 Å². The van der Waals surface area contributed by atoms with Gasteiger partial charge in [0.2, 0.25) is 0 Å². The van der Waals surface area contributed by atoms with Crippen LogP contribution < -0.4 is 15.0 Å². The maximum Gasteiger partial charge on any atom is 0.261 e. The summed E-state index contributed by atoms with van der Waals surface area (Å²) in [5, 5.41) is 32.0. The normalized spacial score (nSPS) is 15.9. The Morgan fingerprint density at radius 3 is 2.51 bits per heavy atom. The first-order valence-corrected chi connectivity index (χ1v) is 13.1. The van der Waals surface area contributed by atoms with Crippen molar-refractivity contribution in [2.45, 2.75) is 52.2 Å². The van der Waals surface area contributed by atoms with E-state index in [-0.39, 0.29) is 35.6 Å². The van der Waals surface area contributed by atoms with Crippen molar-refractivity contribution in [2.75, 3.05) is 44.8 Å². The molecule has 0 unspecified atom stereocenters. The summed E-state index contributed by atoms with van der Waals surface area (Å²) < 4.78 is 36.3. The van der Waals surface area contributed by atoms with Gasteiger partial charge in [0.05, 0.1) is 22.4 Å². The molecule has 3 rings (SSSR count). The van der Waals surface area contributed by atoms with Crippen molar-refractivity contribution in [2.24, 2.45) is 0 Å². The van der Waals surface area contributed by atoms with Gasteiger partial charge in [-0.3, -0.25) is 0 Å². The van der Waals surface area contributed by atoms with Crippen LogP contribution in [0, 0.1) is 12.3 Å². The first-order chi connectivity index (χ1) is 18.5. The molecule has 1 saturated heterocycles. The average molecular weight is 568 g/mol. The molecule has 1 aliphatic rings. The molecular weight excluding hydrogens is 532 g/mol.